The lowest BCUT2D eigenvalue weighted by molar-refractivity contribution is 0.633. The van der Waals surface area contributed by atoms with Crippen molar-refractivity contribution < 1.29 is 0 Å². The molecule has 0 spiro atoms. The van der Waals surface area contributed by atoms with Crippen molar-refractivity contribution in [2.24, 2.45) is 0 Å². The second kappa shape index (κ2) is 14.8. The van der Waals surface area contributed by atoms with Crippen molar-refractivity contribution >= 4 is 104 Å². The molecule has 1 aliphatic carbocycles. The summed E-state index contributed by atoms with van der Waals surface area (Å²) in [5.74, 6) is 0. The molecule has 0 unspecified atom stereocenters. The van der Waals surface area contributed by atoms with E-state index in [0.29, 0.717) is 0 Å². The molecule has 2 aliphatic rings. The highest BCUT2D eigenvalue weighted by molar-refractivity contribution is 6.26. The van der Waals surface area contributed by atoms with E-state index in [4.69, 9.17) is 0 Å². The zero-order chi connectivity index (χ0) is 49.2. The van der Waals surface area contributed by atoms with Crippen molar-refractivity contribution in [3.05, 3.63) is 253 Å². The molecule has 0 radical (unpaired) electrons. The predicted molar refractivity (Wildman–Crippen MR) is 316 cm³/mol. The van der Waals surface area contributed by atoms with Crippen molar-refractivity contribution in [2.45, 2.75) is 38.5 Å². The third kappa shape index (κ3) is 5.60. The first kappa shape index (κ1) is 41.6. The number of hydrogen-bond acceptors (Lipinski definition) is 1. The molecule has 0 saturated carbocycles. The van der Waals surface area contributed by atoms with Gasteiger partial charge in [-0.3, -0.25) is 0 Å². The number of anilines is 3. The van der Waals surface area contributed by atoms with Gasteiger partial charge in [0, 0.05) is 33.0 Å². The van der Waals surface area contributed by atoms with Gasteiger partial charge >= 0.3 is 0 Å². The smallest absolute Gasteiger partial charge is 0.0547 e. The van der Waals surface area contributed by atoms with Crippen LogP contribution in [0.2, 0.25) is 0 Å². The van der Waals surface area contributed by atoms with Crippen LogP contribution in [0.1, 0.15) is 49.9 Å². The van der Waals surface area contributed by atoms with Gasteiger partial charge in [-0.25, -0.2) is 0 Å². The summed E-state index contributed by atoms with van der Waals surface area (Å²) >= 11 is 0. The highest BCUT2D eigenvalue weighted by Gasteiger charge is 2.39. The number of benzene rings is 13. The number of nitrogens with zero attached hydrogens (tertiary/aromatic N) is 2. The number of rotatable bonds is 3. The quantitative estimate of drug-likeness (QED) is 0.160. The van der Waals surface area contributed by atoms with Crippen molar-refractivity contribution in [1.29, 1.82) is 0 Å². The fourth-order valence-electron chi connectivity index (χ4n) is 13.8. The van der Waals surface area contributed by atoms with Crippen molar-refractivity contribution in [2.75, 3.05) is 4.90 Å². The molecule has 2 heteroatoms. The van der Waals surface area contributed by atoms with Gasteiger partial charge in [-0.2, -0.15) is 0 Å². The fourth-order valence-corrected chi connectivity index (χ4v) is 13.8. The molecule has 2 heterocycles. The molecule has 14 aromatic rings. The Balaban J connectivity index is 0.902. The lowest BCUT2D eigenvalue weighted by Gasteiger charge is -2.42. The second-order valence-corrected chi connectivity index (χ2v) is 22.0. The maximum Gasteiger partial charge on any atom is 0.0547 e. The summed E-state index contributed by atoms with van der Waals surface area (Å²) in [6.07, 6.45) is 0. The summed E-state index contributed by atoms with van der Waals surface area (Å²) in [6.45, 7) is 9.60. The average molecular weight is 943 g/mol. The van der Waals surface area contributed by atoms with Crippen molar-refractivity contribution in [3.8, 4) is 27.9 Å². The van der Waals surface area contributed by atoms with E-state index in [9.17, 15) is 0 Å². The van der Waals surface area contributed by atoms with Gasteiger partial charge in [0.25, 0.3) is 0 Å². The molecule has 16 rings (SSSR count). The standard InChI is InChI=1S/C72H50N2/c1-71(2)61-33-30-50(42-59(61)69-51-19-9-7-15-43(51)25-32-62(69)71)73-65-34-27-47(37-60(65)70-52-20-10-8-16-44(52)26-36-67(70)73)48-28-35-66-63(39-48)72(3,4)64-38-45-17-5-6-18-46(45)40-68(64)74(66)49-29-31-57-55-23-12-11-21-53(55)54-22-13-14-24-56(54)58(57)41-49/h5-42H,1-4H3. The van der Waals surface area contributed by atoms with Gasteiger partial charge in [-0.1, -0.05) is 191 Å². The highest BCUT2D eigenvalue weighted by atomic mass is 15.2. The minimum Gasteiger partial charge on any atom is -0.310 e. The Bertz CT molecular complexity index is 4760. The van der Waals surface area contributed by atoms with Gasteiger partial charge in [0.1, 0.15) is 0 Å². The van der Waals surface area contributed by atoms with E-state index >= 15 is 0 Å². The first-order valence-electron chi connectivity index (χ1n) is 26.2. The van der Waals surface area contributed by atoms with E-state index < -0.39 is 0 Å². The Hall–Kier alpha value is -8.98. The molecular weight excluding hydrogens is 893 g/mol. The van der Waals surface area contributed by atoms with Crippen LogP contribution in [0.15, 0.2) is 231 Å². The van der Waals surface area contributed by atoms with Gasteiger partial charge in [0.2, 0.25) is 0 Å². The largest absolute Gasteiger partial charge is 0.310 e. The molecule has 0 saturated heterocycles. The number of hydrogen-bond donors (Lipinski definition) is 0. The summed E-state index contributed by atoms with van der Waals surface area (Å²) in [4.78, 5) is 2.54. The maximum atomic E-state index is 2.54. The normalized spacial score (nSPS) is 14.4. The molecule has 0 fully saturated rings. The molecule has 13 aromatic carbocycles. The van der Waals surface area contributed by atoms with Gasteiger partial charge in [-0.05, 0) is 176 Å². The molecular formula is C72H50N2. The zero-order valence-corrected chi connectivity index (χ0v) is 41.8. The molecule has 1 aliphatic heterocycles. The Labute approximate surface area is 430 Å². The Kier molecular flexibility index (Phi) is 8.33. The average Bonchev–Trinajstić information content (AvgIpc) is 3.91. The van der Waals surface area contributed by atoms with Gasteiger partial charge < -0.3 is 9.47 Å². The van der Waals surface area contributed by atoms with E-state index in [1.807, 2.05) is 0 Å². The van der Waals surface area contributed by atoms with Gasteiger partial charge in [0.05, 0.1) is 22.4 Å². The van der Waals surface area contributed by atoms with Crippen LogP contribution in [-0.4, -0.2) is 4.57 Å². The van der Waals surface area contributed by atoms with Crippen LogP contribution in [0.25, 0.3) is 114 Å². The zero-order valence-electron chi connectivity index (χ0n) is 41.8. The topological polar surface area (TPSA) is 8.17 Å². The lowest BCUT2D eigenvalue weighted by Crippen LogP contribution is -2.30. The van der Waals surface area contributed by atoms with Crippen LogP contribution in [0.3, 0.4) is 0 Å². The van der Waals surface area contributed by atoms with E-state index in [0.717, 1.165) is 5.69 Å². The second-order valence-electron chi connectivity index (χ2n) is 22.0. The minimum absolute atomic E-state index is 0.102. The SMILES string of the molecule is CC1(C)c2cc(-c3ccc4c(c3)c3c5ccccc5ccc3n4-c3ccc4c(c3)-c3c(ccc5ccccc35)C4(C)C)ccc2N(c2ccc3c4ccccc4c4ccccc4c3c2)c2cc3ccccc3cc21. The van der Waals surface area contributed by atoms with E-state index in [1.165, 1.54) is 148 Å². The predicted octanol–water partition coefficient (Wildman–Crippen LogP) is 19.8. The minimum atomic E-state index is -0.302. The Morgan fingerprint density at radius 1 is 0.297 bits per heavy atom. The summed E-state index contributed by atoms with van der Waals surface area (Å²) < 4.78 is 2.52. The van der Waals surface area contributed by atoms with Crippen LogP contribution in [-0.2, 0) is 10.8 Å². The van der Waals surface area contributed by atoms with Crippen LogP contribution in [0, 0.1) is 0 Å². The summed E-state index contributed by atoms with van der Waals surface area (Å²) in [7, 11) is 0. The first-order valence-corrected chi connectivity index (χ1v) is 26.2. The molecule has 0 N–H and O–H groups in total. The summed E-state index contributed by atoms with van der Waals surface area (Å²) in [5.41, 5.74) is 17.3. The third-order valence-corrected chi connectivity index (χ3v) is 17.5. The molecule has 1 aromatic heterocycles. The summed E-state index contributed by atoms with van der Waals surface area (Å²) in [5, 5.41) is 17.8. The van der Waals surface area contributed by atoms with Crippen LogP contribution in [0.5, 0.6) is 0 Å². The Morgan fingerprint density at radius 3 is 1.57 bits per heavy atom. The van der Waals surface area contributed by atoms with E-state index in [-0.39, 0.29) is 10.8 Å². The third-order valence-electron chi connectivity index (χ3n) is 17.5. The van der Waals surface area contributed by atoms with Crippen molar-refractivity contribution in [1.82, 2.24) is 4.57 Å². The monoisotopic (exact) mass is 942 g/mol. The molecule has 0 atom stereocenters. The lowest BCUT2D eigenvalue weighted by atomic mass is 9.72. The number of fused-ring (bicyclic) bond motifs is 19. The molecule has 2 nitrogen and oxygen atoms in total. The van der Waals surface area contributed by atoms with Crippen molar-refractivity contribution in [3.63, 3.8) is 0 Å². The molecule has 0 amide bonds. The maximum absolute atomic E-state index is 2.54. The van der Waals surface area contributed by atoms with Gasteiger partial charge in [0.15, 0.2) is 0 Å². The number of aromatic nitrogens is 1. The molecule has 74 heavy (non-hydrogen) atoms. The van der Waals surface area contributed by atoms with Crippen LogP contribution >= 0.6 is 0 Å². The fraction of sp³-hybridized carbons (Fsp3) is 0.0833. The van der Waals surface area contributed by atoms with E-state index in [2.05, 4.69) is 268 Å². The van der Waals surface area contributed by atoms with Crippen LogP contribution < -0.4 is 4.90 Å². The molecule has 348 valence electrons. The van der Waals surface area contributed by atoms with Crippen LogP contribution in [0.4, 0.5) is 17.1 Å². The Morgan fingerprint density at radius 2 is 0.824 bits per heavy atom. The van der Waals surface area contributed by atoms with E-state index in [1.54, 1.807) is 0 Å². The summed E-state index contributed by atoms with van der Waals surface area (Å²) in [6, 6.07) is 87.3. The first-order chi connectivity index (χ1) is 36.2. The van der Waals surface area contributed by atoms with Gasteiger partial charge in [-0.15, -0.1) is 0 Å². The molecule has 0 bridgehead atoms. The highest BCUT2D eigenvalue weighted by Crippen LogP contribution is 2.56.